The number of methoxy groups -OCH3 is 1. The maximum Gasteiger partial charge on any atom is 0.239 e. The van der Waals surface area contributed by atoms with Gasteiger partial charge in [0.25, 0.3) is 0 Å². The van der Waals surface area contributed by atoms with E-state index < -0.39 is 5.41 Å². The lowest BCUT2D eigenvalue weighted by Gasteiger charge is -2.29. The van der Waals surface area contributed by atoms with Gasteiger partial charge in [-0.15, -0.1) is 0 Å². The highest BCUT2D eigenvalue weighted by atomic mass is 16.5. The Hall–Kier alpha value is -3.02. The summed E-state index contributed by atoms with van der Waals surface area (Å²) < 4.78 is 5.17. The van der Waals surface area contributed by atoms with Crippen molar-refractivity contribution < 1.29 is 14.3 Å². The Morgan fingerprint density at radius 3 is 2.14 bits per heavy atom. The molecule has 1 saturated heterocycles. The Bertz CT molecular complexity index is 856. The maximum atomic E-state index is 12.8. The number of hydrogen-bond acceptors (Lipinski definition) is 4. The molecule has 29 heavy (non-hydrogen) atoms. The maximum absolute atomic E-state index is 12.8. The largest absolute Gasteiger partial charge is 0.497 e. The van der Waals surface area contributed by atoms with Gasteiger partial charge in [-0.3, -0.25) is 9.59 Å². The standard InChI is InChI=1S/C23H29N3O3/c1-23(2,22(28)25-18-8-7-9-20(16-18)29-3)21(27)24-17-10-12-19(13-11-17)26-14-5-4-6-15-26/h7-13,16H,4-6,14-15H2,1-3H3,(H,24,27)(H,25,28). The second-order valence-electron chi connectivity index (χ2n) is 7.86. The van der Waals surface area contributed by atoms with E-state index in [4.69, 9.17) is 4.74 Å². The molecular formula is C23H29N3O3. The van der Waals surface area contributed by atoms with Gasteiger partial charge < -0.3 is 20.3 Å². The number of rotatable bonds is 6. The molecule has 6 nitrogen and oxygen atoms in total. The zero-order valence-electron chi connectivity index (χ0n) is 17.3. The molecule has 2 aromatic carbocycles. The van der Waals surface area contributed by atoms with Crippen LogP contribution in [0.25, 0.3) is 0 Å². The van der Waals surface area contributed by atoms with E-state index in [1.54, 1.807) is 45.2 Å². The molecule has 0 atom stereocenters. The number of carbonyl (C=O) groups excluding carboxylic acids is 2. The van der Waals surface area contributed by atoms with Gasteiger partial charge in [0, 0.05) is 36.2 Å². The van der Waals surface area contributed by atoms with Gasteiger partial charge in [-0.25, -0.2) is 0 Å². The molecule has 2 amide bonds. The highest BCUT2D eigenvalue weighted by Crippen LogP contribution is 2.25. The van der Waals surface area contributed by atoms with Crippen molar-refractivity contribution in [3.05, 3.63) is 48.5 Å². The van der Waals surface area contributed by atoms with E-state index >= 15 is 0 Å². The van der Waals surface area contributed by atoms with Crippen molar-refractivity contribution in [3.8, 4) is 5.75 Å². The number of ether oxygens (including phenoxy) is 1. The predicted octanol–water partition coefficient (Wildman–Crippen LogP) is 4.29. The van der Waals surface area contributed by atoms with Crippen molar-refractivity contribution in [3.63, 3.8) is 0 Å². The molecule has 6 heteroatoms. The minimum atomic E-state index is -1.24. The second kappa shape index (κ2) is 8.99. The number of benzene rings is 2. The molecule has 2 N–H and O–H groups in total. The van der Waals surface area contributed by atoms with Gasteiger partial charge in [-0.2, -0.15) is 0 Å². The molecule has 1 aliphatic rings. The molecule has 0 bridgehead atoms. The van der Waals surface area contributed by atoms with Crippen LogP contribution in [0.2, 0.25) is 0 Å². The molecule has 0 aromatic heterocycles. The van der Waals surface area contributed by atoms with Crippen molar-refractivity contribution in [2.75, 3.05) is 35.7 Å². The Labute approximate surface area is 172 Å². The number of hydrogen-bond donors (Lipinski definition) is 2. The zero-order chi connectivity index (χ0) is 20.9. The first kappa shape index (κ1) is 20.7. The fraction of sp³-hybridized carbons (Fsp3) is 0.391. The van der Waals surface area contributed by atoms with Gasteiger partial charge in [0.15, 0.2) is 0 Å². The number of anilines is 3. The molecule has 0 radical (unpaired) electrons. The predicted molar refractivity (Wildman–Crippen MR) is 117 cm³/mol. The summed E-state index contributed by atoms with van der Waals surface area (Å²) in [6.45, 7) is 5.37. The first-order valence-electron chi connectivity index (χ1n) is 10.0. The fourth-order valence-electron chi connectivity index (χ4n) is 3.29. The molecule has 1 aliphatic heterocycles. The van der Waals surface area contributed by atoms with Crippen LogP contribution in [0.3, 0.4) is 0 Å². The Morgan fingerprint density at radius 2 is 1.52 bits per heavy atom. The number of piperidine rings is 1. The van der Waals surface area contributed by atoms with E-state index in [1.807, 2.05) is 24.3 Å². The lowest BCUT2D eigenvalue weighted by molar-refractivity contribution is -0.135. The first-order valence-corrected chi connectivity index (χ1v) is 10.0. The molecule has 2 aromatic rings. The topological polar surface area (TPSA) is 70.7 Å². The minimum absolute atomic E-state index is 0.358. The summed E-state index contributed by atoms with van der Waals surface area (Å²) in [6.07, 6.45) is 3.72. The first-order chi connectivity index (χ1) is 13.9. The van der Waals surface area contributed by atoms with Gasteiger partial charge >= 0.3 is 0 Å². The summed E-state index contributed by atoms with van der Waals surface area (Å²) in [5.74, 6) is -0.101. The van der Waals surface area contributed by atoms with Gasteiger partial charge in [0.1, 0.15) is 11.2 Å². The summed E-state index contributed by atoms with van der Waals surface area (Å²) >= 11 is 0. The molecule has 1 fully saturated rings. The molecule has 0 aliphatic carbocycles. The smallest absolute Gasteiger partial charge is 0.239 e. The molecule has 0 spiro atoms. The van der Waals surface area contributed by atoms with E-state index in [9.17, 15) is 9.59 Å². The van der Waals surface area contributed by atoms with Crippen LogP contribution in [0.15, 0.2) is 48.5 Å². The van der Waals surface area contributed by atoms with E-state index in [0.717, 1.165) is 18.8 Å². The van der Waals surface area contributed by atoms with Crippen LogP contribution >= 0.6 is 0 Å². The monoisotopic (exact) mass is 395 g/mol. The molecule has 154 valence electrons. The van der Waals surface area contributed by atoms with Crippen LogP contribution in [0.1, 0.15) is 33.1 Å². The lowest BCUT2D eigenvalue weighted by atomic mass is 9.90. The van der Waals surface area contributed by atoms with Crippen LogP contribution in [0.4, 0.5) is 17.1 Å². The van der Waals surface area contributed by atoms with Crippen LogP contribution < -0.4 is 20.3 Å². The van der Waals surface area contributed by atoms with E-state index in [2.05, 4.69) is 15.5 Å². The molecular weight excluding hydrogens is 366 g/mol. The van der Waals surface area contributed by atoms with Crippen LogP contribution in [-0.4, -0.2) is 32.0 Å². The average Bonchev–Trinajstić information content (AvgIpc) is 2.75. The van der Waals surface area contributed by atoms with Crippen LogP contribution in [-0.2, 0) is 9.59 Å². The highest BCUT2D eigenvalue weighted by molar-refractivity contribution is 6.14. The van der Waals surface area contributed by atoms with Crippen molar-refractivity contribution >= 4 is 28.9 Å². The average molecular weight is 396 g/mol. The zero-order valence-corrected chi connectivity index (χ0v) is 17.3. The van der Waals surface area contributed by atoms with Crippen LogP contribution in [0.5, 0.6) is 5.75 Å². The number of nitrogens with one attached hydrogen (secondary N) is 2. The van der Waals surface area contributed by atoms with Gasteiger partial charge in [-0.05, 0) is 69.5 Å². The molecule has 1 heterocycles. The summed E-state index contributed by atoms with van der Waals surface area (Å²) in [5, 5.41) is 5.65. The van der Waals surface area contributed by atoms with Crippen molar-refractivity contribution in [2.45, 2.75) is 33.1 Å². The number of carbonyl (C=O) groups is 2. The quantitative estimate of drug-likeness (QED) is 0.716. The summed E-state index contributed by atoms with van der Waals surface area (Å²) in [7, 11) is 1.56. The summed E-state index contributed by atoms with van der Waals surface area (Å²) in [5.41, 5.74) is 1.19. The highest BCUT2D eigenvalue weighted by Gasteiger charge is 2.36. The second-order valence-corrected chi connectivity index (χ2v) is 7.86. The van der Waals surface area contributed by atoms with Crippen molar-refractivity contribution in [1.29, 1.82) is 0 Å². The third-order valence-corrected chi connectivity index (χ3v) is 5.31. The lowest BCUT2D eigenvalue weighted by Crippen LogP contribution is -2.41. The fourth-order valence-corrected chi connectivity index (χ4v) is 3.29. The van der Waals surface area contributed by atoms with E-state index in [1.165, 1.54) is 19.3 Å². The summed E-state index contributed by atoms with van der Waals surface area (Å²) in [6, 6.07) is 14.9. The van der Waals surface area contributed by atoms with Crippen LogP contribution in [0, 0.1) is 5.41 Å². The number of amides is 2. The van der Waals surface area contributed by atoms with Gasteiger partial charge in [0.05, 0.1) is 7.11 Å². The number of nitrogens with zero attached hydrogens (tertiary/aromatic N) is 1. The van der Waals surface area contributed by atoms with Gasteiger partial charge in [0.2, 0.25) is 11.8 Å². The Balaban J connectivity index is 1.62. The van der Waals surface area contributed by atoms with Crippen molar-refractivity contribution in [1.82, 2.24) is 0 Å². The molecule has 0 saturated carbocycles. The van der Waals surface area contributed by atoms with Gasteiger partial charge in [-0.1, -0.05) is 6.07 Å². The van der Waals surface area contributed by atoms with E-state index in [-0.39, 0.29) is 11.8 Å². The molecule has 0 unspecified atom stereocenters. The third kappa shape index (κ3) is 5.08. The van der Waals surface area contributed by atoms with Crippen molar-refractivity contribution in [2.24, 2.45) is 5.41 Å². The van der Waals surface area contributed by atoms with E-state index in [0.29, 0.717) is 17.1 Å². The Morgan fingerprint density at radius 1 is 0.897 bits per heavy atom. The third-order valence-electron chi connectivity index (χ3n) is 5.31. The summed E-state index contributed by atoms with van der Waals surface area (Å²) in [4.78, 5) is 27.8. The SMILES string of the molecule is COc1cccc(NC(=O)C(C)(C)C(=O)Nc2ccc(N3CCCCC3)cc2)c1. The normalized spacial score (nSPS) is 14.2. The molecule has 3 rings (SSSR count). The minimum Gasteiger partial charge on any atom is -0.497 e. The Kier molecular flexibility index (Phi) is 6.42.